The number of benzene rings is 2. The quantitative estimate of drug-likeness (QED) is 0.576. The molecule has 1 saturated heterocycles. The lowest BCUT2D eigenvalue weighted by molar-refractivity contribution is -0.123. The Bertz CT molecular complexity index is 1090. The first-order chi connectivity index (χ1) is 14.1. The first-order valence-electron chi connectivity index (χ1n) is 9.26. The van der Waals surface area contributed by atoms with Crippen LogP contribution < -0.4 is 4.90 Å². The molecule has 1 fully saturated rings. The van der Waals surface area contributed by atoms with Crippen molar-refractivity contribution in [1.82, 2.24) is 4.90 Å². The summed E-state index contributed by atoms with van der Waals surface area (Å²) in [6.45, 7) is 0.982. The van der Waals surface area contributed by atoms with Gasteiger partial charge in [-0.25, -0.2) is 0 Å². The van der Waals surface area contributed by atoms with Gasteiger partial charge in [0.05, 0.1) is 17.1 Å². The van der Waals surface area contributed by atoms with Gasteiger partial charge in [0.25, 0.3) is 11.8 Å². The highest BCUT2D eigenvalue weighted by Crippen LogP contribution is 2.55. The summed E-state index contributed by atoms with van der Waals surface area (Å²) < 4.78 is 0. The monoisotopic (exact) mass is 440 g/mol. The number of hydrogen-bond donors (Lipinski definition) is 0. The van der Waals surface area contributed by atoms with Crippen molar-refractivity contribution in [3.63, 3.8) is 0 Å². The number of nitrogens with zero attached hydrogens (tertiary/aromatic N) is 2. The topological polar surface area (TPSA) is 40.6 Å². The Labute approximate surface area is 182 Å². The van der Waals surface area contributed by atoms with Crippen molar-refractivity contribution in [2.75, 3.05) is 17.2 Å². The number of halogens is 1. The third-order valence-corrected chi connectivity index (χ3v) is 7.83. The Morgan fingerprint density at radius 2 is 1.93 bits per heavy atom. The van der Waals surface area contributed by atoms with E-state index in [1.807, 2.05) is 60.0 Å². The standard InChI is InChI=1S/C22H17ClN2O2S2/c23-16-8-9-18-17(13-16)22(21(27)24(18)14-15-5-2-1-3-6-15)25(10-12-29-22)20(26)19-7-4-11-28-19/h1-9,11,13H,10,12,14H2/t22-/m0/s1. The minimum Gasteiger partial charge on any atom is -0.310 e. The SMILES string of the molecule is O=C(c1cccs1)N1CCS[C@@]12C(=O)N(Cc1ccccc1)c1ccc(Cl)cc12. The van der Waals surface area contributed by atoms with E-state index in [4.69, 9.17) is 11.6 Å². The first-order valence-corrected chi connectivity index (χ1v) is 11.5. The van der Waals surface area contributed by atoms with Crippen LogP contribution in [0.3, 0.4) is 0 Å². The Balaban J connectivity index is 1.62. The zero-order chi connectivity index (χ0) is 20.0. The average Bonchev–Trinajstić information content (AvgIpc) is 3.46. The second-order valence-electron chi connectivity index (χ2n) is 6.96. The molecule has 2 aromatic carbocycles. The first kappa shape index (κ1) is 18.7. The van der Waals surface area contributed by atoms with Gasteiger partial charge >= 0.3 is 0 Å². The number of thiophene rings is 1. The number of fused-ring (bicyclic) bond motifs is 2. The average molecular weight is 441 g/mol. The van der Waals surface area contributed by atoms with E-state index in [9.17, 15) is 9.59 Å². The predicted octanol–water partition coefficient (Wildman–Crippen LogP) is 4.99. The maximum absolute atomic E-state index is 13.9. The van der Waals surface area contributed by atoms with E-state index in [0.29, 0.717) is 28.7 Å². The molecule has 29 heavy (non-hydrogen) atoms. The fourth-order valence-electron chi connectivity index (χ4n) is 4.04. The van der Waals surface area contributed by atoms with Crippen LogP contribution in [0.1, 0.15) is 20.8 Å². The van der Waals surface area contributed by atoms with E-state index in [1.54, 1.807) is 15.9 Å². The molecular weight excluding hydrogens is 424 g/mol. The van der Waals surface area contributed by atoms with Crippen LogP contribution in [-0.2, 0) is 16.2 Å². The third-order valence-electron chi connectivity index (χ3n) is 5.32. The summed E-state index contributed by atoms with van der Waals surface area (Å²) >= 11 is 9.24. The van der Waals surface area contributed by atoms with Crippen LogP contribution in [0.5, 0.6) is 0 Å². The molecule has 0 bridgehead atoms. The van der Waals surface area contributed by atoms with Gasteiger partial charge < -0.3 is 9.80 Å². The fraction of sp³-hybridized carbons (Fsp3) is 0.182. The molecule has 146 valence electrons. The largest absolute Gasteiger partial charge is 0.310 e. The Morgan fingerprint density at radius 1 is 1.10 bits per heavy atom. The molecule has 0 radical (unpaired) electrons. The molecule has 0 unspecified atom stereocenters. The highest BCUT2D eigenvalue weighted by molar-refractivity contribution is 8.01. The van der Waals surface area contributed by atoms with Gasteiger partial charge in [-0.15, -0.1) is 23.1 Å². The fourth-order valence-corrected chi connectivity index (χ4v) is 6.34. The number of carbonyl (C=O) groups is 2. The van der Waals surface area contributed by atoms with Crippen LogP contribution in [0.15, 0.2) is 66.0 Å². The van der Waals surface area contributed by atoms with Crippen LogP contribution in [0.2, 0.25) is 5.02 Å². The summed E-state index contributed by atoms with van der Waals surface area (Å²) in [5.41, 5.74) is 2.66. The minimum atomic E-state index is -1.06. The number of thioether (sulfide) groups is 1. The molecule has 4 nitrogen and oxygen atoms in total. The van der Waals surface area contributed by atoms with Gasteiger partial charge in [-0.05, 0) is 35.2 Å². The molecule has 2 aliphatic heterocycles. The lowest BCUT2D eigenvalue weighted by Crippen LogP contribution is -2.50. The number of carbonyl (C=O) groups excluding carboxylic acids is 2. The summed E-state index contributed by atoms with van der Waals surface area (Å²) in [5.74, 6) is 0.519. The second-order valence-corrected chi connectivity index (χ2v) is 9.64. The molecule has 5 rings (SSSR count). The van der Waals surface area contributed by atoms with Gasteiger partial charge in [-0.1, -0.05) is 48.0 Å². The molecule has 0 saturated carbocycles. The normalized spacial score (nSPS) is 20.5. The number of anilines is 1. The molecule has 3 aromatic rings. The van der Waals surface area contributed by atoms with E-state index >= 15 is 0 Å². The van der Waals surface area contributed by atoms with Gasteiger partial charge in [0.2, 0.25) is 0 Å². The minimum absolute atomic E-state index is 0.0778. The highest BCUT2D eigenvalue weighted by atomic mass is 35.5. The molecule has 0 N–H and O–H groups in total. The smallest absolute Gasteiger partial charge is 0.268 e. The van der Waals surface area contributed by atoms with Crippen molar-refractivity contribution < 1.29 is 9.59 Å². The Morgan fingerprint density at radius 3 is 2.69 bits per heavy atom. The van der Waals surface area contributed by atoms with Crippen LogP contribution in [0, 0.1) is 0 Å². The summed E-state index contributed by atoms with van der Waals surface area (Å²) in [4.78, 5) is 30.2. The third kappa shape index (κ3) is 2.89. The van der Waals surface area contributed by atoms with Crippen LogP contribution >= 0.6 is 34.7 Å². The molecule has 1 atom stereocenters. The van der Waals surface area contributed by atoms with Crippen LogP contribution in [-0.4, -0.2) is 29.0 Å². The highest BCUT2D eigenvalue weighted by Gasteiger charge is 2.59. The second kappa shape index (κ2) is 7.20. The maximum atomic E-state index is 13.9. The molecule has 2 aliphatic rings. The van der Waals surface area contributed by atoms with E-state index in [0.717, 1.165) is 16.8 Å². The van der Waals surface area contributed by atoms with Crippen molar-refractivity contribution in [2.45, 2.75) is 11.4 Å². The lowest BCUT2D eigenvalue weighted by atomic mass is 10.1. The Hall–Kier alpha value is -2.28. The van der Waals surface area contributed by atoms with Crippen molar-refractivity contribution in [3.05, 3.63) is 87.1 Å². The summed E-state index contributed by atoms with van der Waals surface area (Å²) in [7, 11) is 0. The van der Waals surface area contributed by atoms with E-state index in [2.05, 4.69) is 0 Å². The zero-order valence-electron chi connectivity index (χ0n) is 15.4. The van der Waals surface area contributed by atoms with E-state index < -0.39 is 4.87 Å². The summed E-state index contributed by atoms with van der Waals surface area (Å²) in [5, 5.41) is 2.44. The van der Waals surface area contributed by atoms with Crippen molar-refractivity contribution in [2.24, 2.45) is 0 Å². The van der Waals surface area contributed by atoms with Crippen molar-refractivity contribution >= 4 is 52.2 Å². The van der Waals surface area contributed by atoms with Gasteiger partial charge in [-0.3, -0.25) is 9.59 Å². The van der Waals surface area contributed by atoms with Gasteiger partial charge in [0.15, 0.2) is 4.87 Å². The number of hydrogen-bond acceptors (Lipinski definition) is 4. The van der Waals surface area contributed by atoms with Gasteiger partial charge in [0.1, 0.15) is 0 Å². The molecule has 2 amide bonds. The maximum Gasteiger partial charge on any atom is 0.268 e. The Kier molecular flexibility index (Phi) is 4.65. The molecule has 7 heteroatoms. The van der Waals surface area contributed by atoms with E-state index in [-0.39, 0.29) is 11.8 Å². The number of amides is 2. The molecular formula is C22H17ClN2O2S2. The predicted molar refractivity (Wildman–Crippen MR) is 119 cm³/mol. The van der Waals surface area contributed by atoms with Crippen molar-refractivity contribution in [1.29, 1.82) is 0 Å². The molecule has 3 heterocycles. The summed E-state index contributed by atoms with van der Waals surface area (Å²) in [6.07, 6.45) is 0. The van der Waals surface area contributed by atoms with Gasteiger partial charge in [-0.2, -0.15) is 0 Å². The summed E-state index contributed by atoms with van der Waals surface area (Å²) in [6, 6.07) is 19.1. The van der Waals surface area contributed by atoms with E-state index in [1.165, 1.54) is 23.1 Å². The molecule has 1 spiro atoms. The zero-order valence-corrected chi connectivity index (χ0v) is 17.8. The van der Waals surface area contributed by atoms with Crippen LogP contribution in [0.25, 0.3) is 0 Å². The van der Waals surface area contributed by atoms with Crippen LogP contribution in [0.4, 0.5) is 5.69 Å². The lowest BCUT2D eigenvalue weighted by Gasteiger charge is -2.33. The number of rotatable bonds is 3. The van der Waals surface area contributed by atoms with Crippen molar-refractivity contribution in [3.8, 4) is 0 Å². The molecule has 1 aromatic heterocycles. The van der Waals surface area contributed by atoms with Gasteiger partial charge in [0, 0.05) is 22.9 Å². The molecule has 0 aliphatic carbocycles.